The molecule has 3 aliphatic rings. The van der Waals surface area contributed by atoms with Gasteiger partial charge in [0.05, 0.1) is 39.3 Å². The maximum atomic E-state index is 2.69. The predicted molar refractivity (Wildman–Crippen MR) is 175 cm³/mol. The summed E-state index contributed by atoms with van der Waals surface area (Å²) >= 11 is 0. The monoisotopic (exact) mass is 604 g/mol. The minimum absolute atomic E-state index is 1.06. The van der Waals surface area contributed by atoms with Gasteiger partial charge in [-0.1, -0.05) is 54.6 Å². The van der Waals surface area contributed by atoms with Gasteiger partial charge in [-0.2, -0.15) is 0 Å². The Balaban J connectivity index is 1.30. The van der Waals surface area contributed by atoms with Gasteiger partial charge in [-0.3, -0.25) is 9.80 Å². The molecule has 238 valence electrons. The van der Waals surface area contributed by atoms with Gasteiger partial charge in [-0.25, -0.2) is 0 Å². The van der Waals surface area contributed by atoms with Crippen molar-refractivity contribution in [2.45, 2.75) is 39.3 Å². The normalized spacial score (nSPS) is 22.6. The number of quaternary nitrogens is 6. The van der Waals surface area contributed by atoms with Gasteiger partial charge in [0, 0.05) is 72.6 Å². The van der Waals surface area contributed by atoms with Crippen molar-refractivity contribution in [1.29, 1.82) is 0 Å². The molecule has 0 saturated heterocycles. The quantitative estimate of drug-likeness (QED) is 0.158. The van der Waals surface area contributed by atoms with E-state index in [0.29, 0.717) is 0 Å². The topological polar surface area (TPSA) is 106 Å². The van der Waals surface area contributed by atoms with Gasteiger partial charge in [0.25, 0.3) is 0 Å². The zero-order chi connectivity index (χ0) is 30.1. The molecular weight excluding hydrogens is 544 g/mol. The average molecular weight is 605 g/mol. The van der Waals surface area contributed by atoms with Crippen molar-refractivity contribution in [3.63, 3.8) is 0 Å². The van der Waals surface area contributed by atoms with Crippen LogP contribution in [-0.4, -0.2) is 88.3 Å². The van der Waals surface area contributed by atoms with Gasteiger partial charge < -0.3 is 31.9 Å². The van der Waals surface area contributed by atoms with Gasteiger partial charge in [0.2, 0.25) is 0 Å². The molecule has 8 bridgehead atoms. The van der Waals surface area contributed by atoms with Crippen LogP contribution in [-0.2, 0) is 39.3 Å². The second kappa shape index (κ2) is 19.0. The Morgan fingerprint density at radius 1 is 0.318 bits per heavy atom. The van der Waals surface area contributed by atoms with Gasteiger partial charge in [0.1, 0.15) is 39.3 Å². The molecule has 0 atom stereocenters. The highest BCUT2D eigenvalue weighted by Crippen LogP contribution is 2.04. The summed E-state index contributed by atoms with van der Waals surface area (Å²) in [5, 5.41) is 15.0. The second-order valence-electron chi connectivity index (χ2n) is 12.8. The fraction of sp³-hybridized carbons (Fsp3) is 0.500. The molecule has 0 unspecified atom stereocenters. The number of rotatable bonds is 0. The van der Waals surface area contributed by atoms with Crippen molar-refractivity contribution in [2.24, 2.45) is 0 Å². The Hall–Kier alpha value is -2.66. The van der Waals surface area contributed by atoms with E-state index >= 15 is 0 Å². The number of nitrogens with zero attached hydrogens (tertiary/aromatic N) is 2. The molecule has 6 rings (SSSR count). The minimum Gasteiger partial charge on any atom is -0.341 e. The van der Waals surface area contributed by atoms with E-state index in [9.17, 15) is 0 Å². The molecule has 0 aromatic heterocycles. The molecule has 3 aromatic rings. The molecule has 3 aromatic carbocycles. The molecule has 3 heterocycles. The largest absolute Gasteiger partial charge is 0.341 e. The molecular formula is C36H60N8+6. The zero-order valence-electron chi connectivity index (χ0n) is 27.0. The minimum atomic E-state index is 1.06. The van der Waals surface area contributed by atoms with Crippen LogP contribution in [0.3, 0.4) is 0 Å². The summed E-state index contributed by atoms with van der Waals surface area (Å²) in [7, 11) is 0. The van der Waals surface area contributed by atoms with E-state index in [1.807, 2.05) is 0 Å². The van der Waals surface area contributed by atoms with Crippen LogP contribution in [0.25, 0.3) is 0 Å². The van der Waals surface area contributed by atoms with E-state index in [0.717, 1.165) is 118 Å². The summed E-state index contributed by atoms with van der Waals surface area (Å²) < 4.78 is 0. The van der Waals surface area contributed by atoms with Gasteiger partial charge in [0.15, 0.2) is 0 Å². The average Bonchev–Trinajstić information content (AvgIpc) is 3.04. The molecule has 0 spiro atoms. The molecule has 8 heteroatoms. The van der Waals surface area contributed by atoms with Crippen molar-refractivity contribution < 1.29 is 31.9 Å². The lowest BCUT2D eigenvalue weighted by Gasteiger charge is -2.21. The van der Waals surface area contributed by atoms with Gasteiger partial charge in [-0.05, 0) is 18.2 Å². The first-order valence-corrected chi connectivity index (χ1v) is 17.4. The Kier molecular flexibility index (Phi) is 14.1. The molecule has 8 nitrogen and oxygen atoms in total. The summed E-state index contributed by atoms with van der Waals surface area (Å²) in [6.45, 7) is 20.1. The Labute approximate surface area is 265 Å². The summed E-state index contributed by atoms with van der Waals surface area (Å²) in [6, 6.07) is 27.8. The molecule has 0 aliphatic carbocycles. The summed E-state index contributed by atoms with van der Waals surface area (Å²) in [5.41, 5.74) is 8.70. The highest BCUT2D eigenvalue weighted by Gasteiger charge is 2.12. The van der Waals surface area contributed by atoms with Crippen LogP contribution in [0.2, 0.25) is 0 Å². The first kappa shape index (κ1) is 32.7. The van der Waals surface area contributed by atoms with Crippen molar-refractivity contribution in [2.75, 3.05) is 78.5 Å². The van der Waals surface area contributed by atoms with Crippen LogP contribution in [0.4, 0.5) is 0 Å². The first-order valence-electron chi connectivity index (χ1n) is 17.4. The van der Waals surface area contributed by atoms with E-state index in [1.54, 1.807) is 0 Å². The van der Waals surface area contributed by atoms with Crippen LogP contribution in [0.5, 0.6) is 0 Å². The lowest BCUT2D eigenvalue weighted by Crippen LogP contribution is -2.87. The van der Waals surface area contributed by atoms with E-state index in [2.05, 4.69) is 114 Å². The molecule has 0 amide bonds. The third-order valence-electron chi connectivity index (χ3n) is 9.15. The molecule has 0 fully saturated rings. The van der Waals surface area contributed by atoms with Crippen LogP contribution >= 0.6 is 0 Å². The number of hydrogen-bond acceptors (Lipinski definition) is 2. The van der Waals surface area contributed by atoms with Crippen molar-refractivity contribution in [1.82, 2.24) is 9.80 Å². The fourth-order valence-corrected chi connectivity index (χ4v) is 6.58. The molecule has 12 N–H and O–H groups in total. The van der Waals surface area contributed by atoms with E-state index in [-0.39, 0.29) is 0 Å². The van der Waals surface area contributed by atoms with Crippen molar-refractivity contribution >= 4 is 0 Å². The third-order valence-corrected chi connectivity index (χ3v) is 9.15. The highest BCUT2D eigenvalue weighted by molar-refractivity contribution is 5.23. The second-order valence-corrected chi connectivity index (χ2v) is 12.8. The number of nitrogens with two attached hydrogens (primary N) is 6. The van der Waals surface area contributed by atoms with Crippen molar-refractivity contribution in [3.05, 3.63) is 106 Å². The number of hydrogen-bond donors (Lipinski definition) is 6. The maximum absolute atomic E-state index is 2.69. The first-order chi connectivity index (χ1) is 21.8. The maximum Gasteiger partial charge on any atom is 0.101 e. The zero-order valence-corrected chi connectivity index (χ0v) is 27.0. The fourth-order valence-electron chi connectivity index (χ4n) is 6.58. The van der Waals surface area contributed by atoms with Crippen LogP contribution in [0.1, 0.15) is 33.4 Å². The molecule has 0 radical (unpaired) electrons. The van der Waals surface area contributed by atoms with Gasteiger partial charge >= 0.3 is 0 Å². The Bertz CT molecular complexity index is 1000. The highest BCUT2D eigenvalue weighted by atomic mass is 15.2. The number of benzene rings is 3. The predicted octanol–water partition coefficient (Wildman–Crippen LogP) is -3.90. The lowest BCUT2D eigenvalue weighted by molar-refractivity contribution is -0.679. The standard InChI is InChI=1S/C36H54N8/c1-4-31-22-32(5-1)26-38-11-17-44-19-13-40-28-34-7-2-6-33(23-34)27-39-12-18-43(16-10-37-25-31)20-14-41-29-35-8-3-9-36(24-35)30-42-15-21-44/h1-9,22-24,37-42H,10-21,25-30H2/p+6. The lowest BCUT2D eigenvalue weighted by atomic mass is 10.1. The van der Waals surface area contributed by atoms with Gasteiger partial charge in [-0.15, -0.1) is 0 Å². The van der Waals surface area contributed by atoms with Crippen LogP contribution < -0.4 is 31.9 Å². The van der Waals surface area contributed by atoms with Crippen LogP contribution in [0.15, 0.2) is 72.8 Å². The molecule has 3 aliphatic heterocycles. The molecule has 0 saturated carbocycles. The smallest absolute Gasteiger partial charge is 0.101 e. The van der Waals surface area contributed by atoms with Crippen molar-refractivity contribution in [3.8, 4) is 0 Å². The Morgan fingerprint density at radius 3 is 0.727 bits per heavy atom. The van der Waals surface area contributed by atoms with E-state index < -0.39 is 0 Å². The third kappa shape index (κ3) is 12.0. The van der Waals surface area contributed by atoms with E-state index in [1.165, 1.54) is 33.4 Å². The Morgan fingerprint density at radius 2 is 0.523 bits per heavy atom. The summed E-state index contributed by atoms with van der Waals surface area (Å²) in [6.07, 6.45) is 0. The van der Waals surface area contributed by atoms with E-state index in [4.69, 9.17) is 0 Å². The SMILES string of the molecule is c1cc2cc(c1)C[NH2+]CCN1CC[NH2+]Cc3cccc(c3)C[NH2+]CCN(CC[NH2+]C2)CC[NH2+]Cc2cccc(c2)C[NH2+]CC1. The summed E-state index contributed by atoms with van der Waals surface area (Å²) in [4.78, 5) is 5.37. The van der Waals surface area contributed by atoms with Crippen LogP contribution in [0, 0.1) is 0 Å². The number of fused-ring (bicyclic) bond motifs is 18. The summed E-state index contributed by atoms with van der Waals surface area (Å²) in [5.74, 6) is 0. The molecule has 44 heavy (non-hydrogen) atoms.